The zero-order valence-electron chi connectivity index (χ0n) is 11.1. The molecular formula is C16H16N2S. The number of hydrogen-bond acceptors (Lipinski definition) is 3. The van der Waals surface area contributed by atoms with E-state index in [4.69, 9.17) is 10.7 Å². The van der Waals surface area contributed by atoms with Gasteiger partial charge < -0.3 is 5.73 Å². The van der Waals surface area contributed by atoms with Crippen molar-refractivity contribution < 1.29 is 0 Å². The van der Waals surface area contributed by atoms with E-state index in [1.165, 1.54) is 4.70 Å². The summed E-state index contributed by atoms with van der Waals surface area (Å²) in [6, 6.07) is 14.4. The fourth-order valence-electron chi connectivity index (χ4n) is 2.15. The first kappa shape index (κ1) is 12.2. The number of aromatic nitrogens is 1. The van der Waals surface area contributed by atoms with Gasteiger partial charge in [0.25, 0.3) is 0 Å². The van der Waals surface area contributed by atoms with Crippen LogP contribution < -0.4 is 5.73 Å². The topological polar surface area (TPSA) is 38.9 Å². The largest absolute Gasteiger partial charge is 0.396 e. The zero-order chi connectivity index (χ0) is 13.4. The quantitative estimate of drug-likeness (QED) is 0.686. The Bertz CT molecular complexity index is 714. The van der Waals surface area contributed by atoms with Crippen molar-refractivity contribution in [2.24, 2.45) is 0 Å². The number of nitrogens with zero attached hydrogens (tertiary/aromatic N) is 1. The van der Waals surface area contributed by atoms with Crippen LogP contribution in [-0.4, -0.2) is 4.98 Å². The first-order chi connectivity index (χ1) is 9.16. The maximum atomic E-state index is 6.31. The molecule has 0 saturated heterocycles. The summed E-state index contributed by atoms with van der Waals surface area (Å²) >= 11 is 1.73. The minimum absolute atomic E-state index is 0.442. The summed E-state index contributed by atoms with van der Waals surface area (Å²) in [6.07, 6.45) is 0. The van der Waals surface area contributed by atoms with Crippen molar-refractivity contribution in [1.29, 1.82) is 0 Å². The van der Waals surface area contributed by atoms with E-state index in [0.717, 1.165) is 27.3 Å². The van der Waals surface area contributed by atoms with Gasteiger partial charge in [-0.25, -0.2) is 4.98 Å². The van der Waals surface area contributed by atoms with Crippen molar-refractivity contribution in [3.05, 3.63) is 47.5 Å². The Kier molecular flexibility index (Phi) is 2.99. The molecule has 0 radical (unpaired) electrons. The summed E-state index contributed by atoms with van der Waals surface area (Å²) in [5, 5.41) is 1.15. The van der Waals surface area contributed by atoms with E-state index in [1.54, 1.807) is 11.3 Å². The summed E-state index contributed by atoms with van der Waals surface area (Å²) in [5.74, 6) is 0.442. The maximum absolute atomic E-state index is 6.31. The molecule has 0 saturated carbocycles. The minimum Gasteiger partial charge on any atom is -0.396 e. The summed E-state index contributed by atoms with van der Waals surface area (Å²) in [4.78, 5) is 4.69. The molecule has 3 aromatic rings. The van der Waals surface area contributed by atoms with Gasteiger partial charge in [0.2, 0.25) is 0 Å². The second-order valence-electron chi connectivity index (χ2n) is 4.95. The summed E-state index contributed by atoms with van der Waals surface area (Å²) in [7, 11) is 0. The molecule has 2 N–H and O–H groups in total. The van der Waals surface area contributed by atoms with Gasteiger partial charge in [0.05, 0.1) is 15.4 Å². The molecule has 0 aliphatic heterocycles. The van der Waals surface area contributed by atoms with Gasteiger partial charge in [0.15, 0.2) is 0 Å². The van der Waals surface area contributed by atoms with Crippen LogP contribution in [0, 0.1) is 0 Å². The van der Waals surface area contributed by atoms with Gasteiger partial charge in [0.1, 0.15) is 5.52 Å². The lowest BCUT2D eigenvalue weighted by atomic mass is 10.0. The Morgan fingerprint density at radius 2 is 1.79 bits per heavy atom. The maximum Gasteiger partial charge on any atom is 0.105 e. The summed E-state index contributed by atoms with van der Waals surface area (Å²) < 4.78 is 1.17. The smallest absolute Gasteiger partial charge is 0.105 e. The van der Waals surface area contributed by atoms with E-state index in [9.17, 15) is 0 Å². The van der Waals surface area contributed by atoms with Gasteiger partial charge >= 0.3 is 0 Å². The monoisotopic (exact) mass is 268 g/mol. The molecule has 0 unspecified atom stereocenters. The normalized spacial score (nSPS) is 11.3. The molecule has 0 aliphatic rings. The Morgan fingerprint density at radius 3 is 2.47 bits per heavy atom. The van der Waals surface area contributed by atoms with Gasteiger partial charge in [0, 0.05) is 11.5 Å². The van der Waals surface area contributed by atoms with Crippen molar-refractivity contribution >= 4 is 27.2 Å². The summed E-state index contributed by atoms with van der Waals surface area (Å²) in [6.45, 7) is 4.32. The third-order valence-electron chi connectivity index (χ3n) is 3.20. The van der Waals surface area contributed by atoms with Crippen LogP contribution in [-0.2, 0) is 0 Å². The molecule has 1 aromatic heterocycles. The molecule has 2 aromatic carbocycles. The van der Waals surface area contributed by atoms with E-state index in [0.29, 0.717) is 5.92 Å². The molecule has 0 spiro atoms. The van der Waals surface area contributed by atoms with Crippen LogP contribution in [0.15, 0.2) is 42.5 Å². The third kappa shape index (κ3) is 2.10. The highest BCUT2D eigenvalue weighted by Gasteiger charge is 2.12. The van der Waals surface area contributed by atoms with Crippen LogP contribution in [0.2, 0.25) is 0 Å². The first-order valence-electron chi connectivity index (χ1n) is 6.41. The molecule has 2 nitrogen and oxygen atoms in total. The Hall–Kier alpha value is -1.87. The molecule has 1 heterocycles. The van der Waals surface area contributed by atoms with Crippen LogP contribution in [0.5, 0.6) is 0 Å². The third-order valence-corrected chi connectivity index (χ3v) is 4.52. The predicted molar refractivity (Wildman–Crippen MR) is 83.6 cm³/mol. The predicted octanol–water partition coefficient (Wildman–Crippen LogP) is 4.67. The van der Waals surface area contributed by atoms with Crippen LogP contribution in [0.3, 0.4) is 0 Å². The second-order valence-corrected chi connectivity index (χ2v) is 6.01. The van der Waals surface area contributed by atoms with Crippen LogP contribution >= 0.6 is 11.3 Å². The highest BCUT2D eigenvalue weighted by atomic mass is 32.1. The van der Waals surface area contributed by atoms with Crippen molar-refractivity contribution in [1.82, 2.24) is 4.98 Å². The first-order valence-corrected chi connectivity index (χ1v) is 7.23. The molecule has 96 valence electrons. The highest BCUT2D eigenvalue weighted by Crippen LogP contribution is 2.36. The average Bonchev–Trinajstić information content (AvgIpc) is 2.85. The lowest BCUT2D eigenvalue weighted by Crippen LogP contribution is -1.92. The zero-order valence-corrected chi connectivity index (χ0v) is 11.9. The number of nitrogen functional groups attached to an aromatic ring is 1. The van der Waals surface area contributed by atoms with Gasteiger partial charge in [-0.05, 0) is 11.6 Å². The highest BCUT2D eigenvalue weighted by molar-refractivity contribution is 7.18. The van der Waals surface area contributed by atoms with E-state index in [1.807, 2.05) is 18.2 Å². The van der Waals surface area contributed by atoms with E-state index in [-0.39, 0.29) is 0 Å². The standard InChI is InChI=1S/C16H16N2S/c1-10(2)16-18-15-13(19-16)9-8-12(14(15)17)11-6-4-3-5-7-11/h3-10H,17H2,1-2H3. The van der Waals surface area contributed by atoms with Crippen molar-refractivity contribution in [3.63, 3.8) is 0 Å². The van der Waals surface area contributed by atoms with Crippen LogP contribution in [0.4, 0.5) is 5.69 Å². The van der Waals surface area contributed by atoms with Gasteiger partial charge in [-0.2, -0.15) is 0 Å². The van der Waals surface area contributed by atoms with Gasteiger partial charge in [-0.3, -0.25) is 0 Å². The second kappa shape index (κ2) is 4.67. The minimum atomic E-state index is 0.442. The number of benzene rings is 2. The van der Waals surface area contributed by atoms with Crippen molar-refractivity contribution in [2.75, 3.05) is 5.73 Å². The average molecular weight is 268 g/mol. The number of hydrogen-bond donors (Lipinski definition) is 1. The molecule has 19 heavy (non-hydrogen) atoms. The molecule has 0 bridgehead atoms. The van der Waals surface area contributed by atoms with E-state index in [2.05, 4.69) is 38.1 Å². The van der Waals surface area contributed by atoms with E-state index < -0.39 is 0 Å². The number of nitrogens with two attached hydrogens (primary N) is 1. The number of fused-ring (bicyclic) bond motifs is 1. The lowest BCUT2D eigenvalue weighted by Gasteiger charge is -2.05. The van der Waals surface area contributed by atoms with Crippen molar-refractivity contribution in [2.45, 2.75) is 19.8 Å². The Balaban J connectivity index is 2.21. The molecular weight excluding hydrogens is 252 g/mol. The lowest BCUT2D eigenvalue weighted by molar-refractivity contribution is 0.857. The fourth-order valence-corrected chi connectivity index (χ4v) is 3.13. The SMILES string of the molecule is CC(C)c1nc2c(N)c(-c3ccccc3)ccc2s1. The molecule has 0 fully saturated rings. The molecule has 0 amide bonds. The fraction of sp³-hybridized carbons (Fsp3) is 0.188. The number of rotatable bonds is 2. The number of anilines is 1. The van der Waals surface area contributed by atoms with Gasteiger partial charge in [-0.1, -0.05) is 50.2 Å². The molecule has 3 heteroatoms. The van der Waals surface area contributed by atoms with Crippen LogP contribution in [0.1, 0.15) is 24.8 Å². The Morgan fingerprint density at radius 1 is 1.05 bits per heavy atom. The molecule has 0 aliphatic carbocycles. The summed E-state index contributed by atoms with van der Waals surface area (Å²) in [5.41, 5.74) is 10.2. The molecule has 0 atom stereocenters. The van der Waals surface area contributed by atoms with E-state index >= 15 is 0 Å². The van der Waals surface area contributed by atoms with Crippen LogP contribution in [0.25, 0.3) is 21.3 Å². The number of thiazole rings is 1. The van der Waals surface area contributed by atoms with Gasteiger partial charge in [-0.15, -0.1) is 11.3 Å². The Labute approximate surface area is 116 Å². The van der Waals surface area contributed by atoms with Crippen molar-refractivity contribution in [3.8, 4) is 11.1 Å². The molecule has 3 rings (SSSR count).